The van der Waals surface area contributed by atoms with Gasteiger partial charge in [-0.1, -0.05) is 0 Å². The van der Waals surface area contributed by atoms with Crippen molar-refractivity contribution in [2.75, 3.05) is 26.2 Å². The average Bonchev–Trinajstić information content (AvgIpc) is 2.41. The van der Waals surface area contributed by atoms with Crippen molar-refractivity contribution < 1.29 is 13.9 Å². The van der Waals surface area contributed by atoms with Crippen molar-refractivity contribution in [3.63, 3.8) is 0 Å². The third-order valence-corrected chi connectivity index (χ3v) is 3.22. The molecule has 0 saturated carbocycles. The summed E-state index contributed by atoms with van der Waals surface area (Å²) >= 11 is 0. The van der Waals surface area contributed by atoms with Gasteiger partial charge >= 0.3 is 0 Å². The minimum atomic E-state index is -0.293. The Labute approximate surface area is 112 Å². The number of hydrogen-bond acceptors (Lipinski definition) is 3. The number of hydrogen-bond donors (Lipinski definition) is 1. The Morgan fingerprint density at radius 2 is 2.21 bits per heavy atom. The molecule has 1 aromatic rings. The maximum atomic E-state index is 12.7. The van der Waals surface area contributed by atoms with Crippen LogP contribution in [0.25, 0.3) is 0 Å². The molecular weight excluding hydrogens is 247 g/mol. The fourth-order valence-electron chi connectivity index (χ4n) is 2.14. The number of amides is 1. The second-order valence-electron chi connectivity index (χ2n) is 4.69. The topological polar surface area (TPSA) is 41.6 Å². The van der Waals surface area contributed by atoms with Crippen LogP contribution in [-0.2, 0) is 4.79 Å². The lowest BCUT2D eigenvalue weighted by Gasteiger charge is -2.34. The van der Waals surface area contributed by atoms with Crippen LogP contribution in [0.4, 0.5) is 4.39 Å². The number of piperazine rings is 1. The number of carbonyl (C=O) groups excluding carboxylic acids is 1. The lowest BCUT2D eigenvalue weighted by molar-refractivity contribution is -0.134. The first-order valence-electron chi connectivity index (χ1n) is 6.55. The van der Waals surface area contributed by atoms with Gasteiger partial charge in [-0.2, -0.15) is 0 Å². The van der Waals surface area contributed by atoms with Crippen molar-refractivity contribution in [3.05, 3.63) is 30.1 Å². The van der Waals surface area contributed by atoms with Gasteiger partial charge in [0, 0.05) is 25.7 Å². The van der Waals surface area contributed by atoms with Gasteiger partial charge in [0.1, 0.15) is 11.6 Å². The summed E-state index contributed by atoms with van der Waals surface area (Å²) in [6.45, 7) is 4.78. The van der Waals surface area contributed by atoms with E-state index in [2.05, 4.69) is 5.32 Å². The van der Waals surface area contributed by atoms with Crippen LogP contribution < -0.4 is 10.1 Å². The molecule has 0 aromatic heterocycles. The minimum absolute atomic E-state index is 0.108. The van der Waals surface area contributed by atoms with E-state index in [1.807, 2.05) is 11.8 Å². The molecule has 19 heavy (non-hydrogen) atoms. The normalized spacial score (nSPS) is 19.3. The standard InChI is InChI=1S/C14H19FN2O2/c1-11-10-16-7-8-17(11)14(18)6-9-19-13-4-2-12(15)3-5-13/h2-5,11,16H,6-10H2,1H3. The van der Waals surface area contributed by atoms with Gasteiger partial charge in [0.05, 0.1) is 13.0 Å². The molecule has 2 rings (SSSR count). The molecule has 1 N–H and O–H groups in total. The summed E-state index contributed by atoms with van der Waals surface area (Å²) in [5.74, 6) is 0.400. The summed E-state index contributed by atoms with van der Waals surface area (Å²) in [5, 5.41) is 3.25. The van der Waals surface area contributed by atoms with Crippen LogP contribution in [0.3, 0.4) is 0 Å². The largest absolute Gasteiger partial charge is 0.493 e. The average molecular weight is 266 g/mol. The molecule has 1 aliphatic rings. The van der Waals surface area contributed by atoms with Gasteiger partial charge in [0.2, 0.25) is 5.91 Å². The number of ether oxygens (including phenoxy) is 1. The van der Waals surface area contributed by atoms with E-state index in [1.54, 1.807) is 12.1 Å². The fraction of sp³-hybridized carbons (Fsp3) is 0.500. The van der Waals surface area contributed by atoms with Crippen LogP contribution in [0.5, 0.6) is 5.75 Å². The summed E-state index contributed by atoms with van der Waals surface area (Å²) in [6.07, 6.45) is 0.349. The van der Waals surface area contributed by atoms with E-state index in [0.717, 1.165) is 19.6 Å². The van der Waals surface area contributed by atoms with E-state index in [0.29, 0.717) is 18.8 Å². The number of carbonyl (C=O) groups is 1. The molecule has 1 aromatic carbocycles. The van der Waals surface area contributed by atoms with Gasteiger partial charge in [-0.3, -0.25) is 4.79 Å². The Hall–Kier alpha value is -1.62. The molecule has 0 radical (unpaired) electrons. The van der Waals surface area contributed by atoms with Crippen molar-refractivity contribution in [1.82, 2.24) is 10.2 Å². The van der Waals surface area contributed by atoms with Crippen LogP contribution in [0.15, 0.2) is 24.3 Å². The first-order chi connectivity index (χ1) is 9.16. The molecule has 1 heterocycles. The maximum absolute atomic E-state index is 12.7. The van der Waals surface area contributed by atoms with Crippen LogP contribution >= 0.6 is 0 Å². The molecule has 1 saturated heterocycles. The van der Waals surface area contributed by atoms with E-state index in [-0.39, 0.29) is 17.8 Å². The second-order valence-corrected chi connectivity index (χ2v) is 4.69. The Kier molecular flexibility index (Phi) is 4.74. The Morgan fingerprint density at radius 1 is 1.47 bits per heavy atom. The molecular formula is C14H19FN2O2. The lowest BCUT2D eigenvalue weighted by Crippen LogP contribution is -2.52. The summed E-state index contributed by atoms with van der Waals surface area (Å²) in [7, 11) is 0. The van der Waals surface area contributed by atoms with Gasteiger partial charge in [-0.25, -0.2) is 4.39 Å². The third kappa shape index (κ3) is 3.92. The van der Waals surface area contributed by atoms with Crippen LogP contribution in [0.1, 0.15) is 13.3 Å². The zero-order chi connectivity index (χ0) is 13.7. The van der Waals surface area contributed by atoms with Crippen LogP contribution in [0.2, 0.25) is 0 Å². The molecule has 1 amide bonds. The quantitative estimate of drug-likeness (QED) is 0.896. The second kappa shape index (κ2) is 6.52. The predicted octanol–water partition coefficient (Wildman–Crippen LogP) is 1.41. The minimum Gasteiger partial charge on any atom is -0.493 e. The molecule has 1 aliphatic heterocycles. The molecule has 0 spiro atoms. The molecule has 4 nitrogen and oxygen atoms in total. The Morgan fingerprint density at radius 3 is 2.89 bits per heavy atom. The Bertz CT molecular complexity index is 422. The van der Waals surface area contributed by atoms with Crippen molar-refractivity contribution in [2.45, 2.75) is 19.4 Å². The number of benzene rings is 1. The highest BCUT2D eigenvalue weighted by atomic mass is 19.1. The molecule has 1 atom stereocenters. The number of nitrogens with one attached hydrogen (secondary N) is 1. The molecule has 0 bridgehead atoms. The van der Waals surface area contributed by atoms with Gasteiger partial charge in [-0.15, -0.1) is 0 Å². The zero-order valence-corrected chi connectivity index (χ0v) is 11.1. The predicted molar refractivity (Wildman–Crippen MR) is 70.6 cm³/mol. The van der Waals surface area contributed by atoms with E-state index in [9.17, 15) is 9.18 Å². The van der Waals surface area contributed by atoms with Crippen molar-refractivity contribution >= 4 is 5.91 Å². The fourth-order valence-corrected chi connectivity index (χ4v) is 2.14. The van der Waals surface area contributed by atoms with Crippen LogP contribution in [-0.4, -0.2) is 43.1 Å². The van der Waals surface area contributed by atoms with E-state index in [4.69, 9.17) is 4.74 Å². The summed E-state index contributed by atoms with van der Waals surface area (Å²) in [6, 6.07) is 6.04. The zero-order valence-electron chi connectivity index (χ0n) is 11.1. The highest BCUT2D eigenvalue weighted by Gasteiger charge is 2.22. The Balaban J connectivity index is 1.75. The SMILES string of the molecule is CC1CNCCN1C(=O)CCOc1ccc(F)cc1. The maximum Gasteiger partial charge on any atom is 0.226 e. The molecule has 104 valence electrons. The van der Waals surface area contributed by atoms with Gasteiger partial charge in [0.15, 0.2) is 0 Å². The molecule has 1 unspecified atom stereocenters. The van der Waals surface area contributed by atoms with Crippen molar-refractivity contribution in [1.29, 1.82) is 0 Å². The number of rotatable bonds is 4. The number of halogens is 1. The lowest BCUT2D eigenvalue weighted by atomic mass is 10.2. The highest BCUT2D eigenvalue weighted by Crippen LogP contribution is 2.12. The van der Waals surface area contributed by atoms with Crippen LogP contribution in [0, 0.1) is 5.82 Å². The summed E-state index contributed by atoms with van der Waals surface area (Å²) in [5.41, 5.74) is 0. The molecule has 1 fully saturated rings. The van der Waals surface area contributed by atoms with E-state index >= 15 is 0 Å². The van der Waals surface area contributed by atoms with E-state index < -0.39 is 0 Å². The van der Waals surface area contributed by atoms with Gasteiger partial charge in [0.25, 0.3) is 0 Å². The first kappa shape index (κ1) is 13.8. The smallest absolute Gasteiger partial charge is 0.226 e. The monoisotopic (exact) mass is 266 g/mol. The third-order valence-electron chi connectivity index (χ3n) is 3.22. The summed E-state index contributed by atoms with van der Waals surface area (Å²) < 4.78 is 18.1. The van der Waals surface area contributed by atoms with Gasteiger partial charge in [-0.05, 0) is 31.2 Å². The molecule has 0 aliphatic carbocycles. The van der Waals surface area contributed by atoms with Gasteiger partial charge < -0.3 is 15.0 Å². The number of nitrogens with zero attached hydrogens (tertiary/aromatic N) is 1. The first-order valence-corrected chi connectivity index (χ1v) is 6.55. The van der Waals surface area contributed by atoms with Crippen molar-refractivity contribution in [3.8, 4) is 5.75 Å². The summed E-state index contributed by atoms with van der Waals surface area (Å²) in [4.78, 5) is 13.9. The highest BCUT2D eigenvalue weighted by molar-refractivity contribution is 5.76. The van der Waals surface area contributed by atoms with Crippen molar-refractivity contribution in [2.24, 2.45) is 0 Å². The van der Waals surface area contributed by atoms with E-state index in [1.165, 1.54) is 12.1 Å². The molecule has 5 heteroatoms.